The molecule has 0 aromatic carbocycles. The SMILES string of the molecule is Cn1ccn(CC(N)C2CCOC2)c1=O. The van der Waals surface area contributed by atoms with Crippen LogP contribution >= 0.6 is 0 Å². The fourth-order valence-corrected chi connectivity index (χ4v) is 1.92. The van der Waals surface area contributed by atoms with Crippen molar-refractivity contribution in [3.63, 3.8) is 0 Å². The number of nitrogens with two attached hydrogens (primary N) is 1. The first-order valence-corrected chi connectivity index (χ1v) is 5.23. The number of nitrogens with zero attached hydrogens (tertiary/aromatic N) is 2. The minimum Gasteiger partial charge on any atom is -0.381 e. The van der Waals surface area contributed by atoms with E-state index in [1.807, 2.05) is 0 Å². The van der Waals surface area contributed by atoms with Crippen molar-refractivity contribution in [2.45, 2.75) is 19.0 Å². The van der Waals surface area contributed by atoms with Gasteiger partial charge in [0, 0.05) is 44.6 Å². The Morgan fingerprint density at radius 2 is 2.47 bits per heavy atom. The highest BCUT2D eigenvalue weighted by Gasteiger charge is 2.23. The largest absolute Gasteiger partial charge is 0.381 e. The van der Waals surface area contributed by atoms with E-state index in [1.54, 1.807) is 28.6 Å². The van der Waals surface area contributed by atoms with Crippen molar-refractivity contribution in [2.24, 2.45) is 18.7 Å². The highest BCUT2D eigenvalue weighted by atomic mass is 16.5. The molecule has 2 unspecified atom stereocenters. The van der Waals surface area contributed by atoms with Gasteiger partial charge in [-0.2, -0.15) is 0 Å². The summed E-state index contributed by atoms with van der Waals surface area (Å²) in [7, 11) is 1.74. The molecule has 2 rings (SSSR count). The van der Waals surface area contributed by atoms with Crippen LogP contribution in [0.25, 0.3) is 0 Å². The van der Waals surface area contributed by atoms with Crippen LogP contribution in [0.1, 0.15) is 6.42 Å². The second kappa shape index (κ2) is 4.20. The Bertz CT molecular complexity index is 376. The molecule has 5 heteroatoms. The molecule has 0 spiro atoms. The minimum atomic E-state index is -0.00985. The van der Waals surface area contributed by atoms with Gasteiger partial charge in [-0.05, 0) is 6.42 Å². The predicted octanol–water partition coefficient (Wildman–Crippen LogP) is -0.449. The predicted molar refractivity (Wildman–Crippen MR) is 56.6 cm³/mol. The summed E-state index contributed by atoms with van der Waals surface area (Å²) in [5.41, 5.74) is 6.03. The molecule has 1 aliphatic heterocycles. The van der Waals surface area contributed by atoms with E-state index < -0.39 is 0 Å². The van der Waals surface area contributed by atoms with Crippen molar-refractivity contribution < 1.29 is 4.74 Å². The van der Waals surface area contributed by atoms with Crippen LogP contribution in [0.5, 0.6) is 0 Å². The van der Waals surface area contributed by atoms with Crippen molar-refractivity contribution in [2.75, 3.05) is 13.2 Å². The summed E-state index contributed by atoms with van der Waals surface area (Å²) >= 11 is 0. The van der Waals surface area contributed by atoms with E-state index in [0.29, 0.717) is 12.5 Å². The highest BCUT2D eigenvalue weighted by Crippen LogP contribution is 2.15. The molecular weight excluding hydrogens is 194 g/mol. The summed E-state index contributed by atoms with van der Waals surface area (Å²) in [5, 5.41) is 0. The van der Waals surface area contributed by atoms with E-state index in [1.165, 1.54) is 0 Å². The Morgan fingerprint density at radius 1 is 1.67 bits per heavy atom. The summed E-state index contributed by atoms with van der Waals surface area (Å²) in [6.07, 6.45) is 4.53. The smallest absolute Gasteiger partial charge is 0.327 e. The first kappa shape index (κ1) is 10.4. The van der Waals surface area contributed by atoms with Gasteiger partial charge in [-0.15, -0.1) is 0 Å². The van der Waals surface area contributed by atoms with E-state index in [-0.39, 0.29) is 11.7 Å². The summed E-state index contributed by atoms with van der Waals surface area (Å²) in [4.78, 5) is 11.6. The van der Waals surface area contributed by atoms with E-state index in [4.69, 9.17) is 10.5 Å². The topological polar surface area (TPSA) is 62.2 Å². The lowest BCUT2D eigenvalue weighted by Crippen LogP contribution is -2.38. The van der Waals surface area contributed by atoms with Crippen LogP contribution in [0, 0.1) is 5.92 Å². The third-order valence-electron chi connectivity index (χ3n) is 3.00. The van der Waals surface area contributed by atoms with Crippen LogP contribution in [-0.4, -0.2) is 28.4 Å². The first-order chi connectivity index (χ1) is 7.18. The standard InChI is InChI=1S/C10H17N3O2/c1-12-3-4-13(10(12)14)6-9(11)8-2-5-15-7-8/h3-4,8-9H,2,5-7,11H2,1H3. The maximum absolute atomic E-state index is 11.6. The highest BCUT2D eigenvalue weighted by molar-refractivity contribution is 4.84. The van der Waals surface area contributed by atoms with Gasteiger partial charge in [-0.25, -0.2) is 4.79 Å². The molecular formula is C10H17N3O2. The lowest BCUT2D eigenvalue weighted by Gasteiger charge is -2.17. The average molecular weight is 211 g/mol. The Kier molecular flexibility index (Phi) is 2.93. The molecule has 0 saturated carbocycles. The Morgan fingerprint density at radius 3 is 3.00 bits per heavy atom. The molecule has 0 radical (unpaired) electrons. The van der Waals surface area contributed by atoms with Crippen LogP contribution in [0.3, 0.4) is 0 Å². The van der Waals surface area contributed by atoms with E-state index in [2.05, 4.69) is 0 Å². The summed E-state index contributed by atoms with van der Waals surface area (Å²) in [6.45, 7) is 2.10. The van der Waals surface area contributed by atoms with Gasteiger partial charge < -0.3 is 15.0 Å². The van der Waals surface area contributed by atoms with Crippen LogP contribution in [0.4, 0.5) is 0 Å². The number of hydrogen-bond donors (Lipinski definition) is 1. The van der Waals surface area contributed by atoms with Gasteiger partial charge in [-0.1, -0.05) is 0 Å². The Balaban J connectivity index is 2.02. The fraction of sp³-hybridized carbons (Fsp3) is 0.700. The number of aryl methyl sites for hydroxylation is 1. The van der Waals surface area contributed by atoms with Crippen molar-refractivity contribution in [3.8, 4) is 0 Å². The zero-order valence-corrected chi connectivity index (χ0v) is 8.93. The second-order valence-corrected chi connectivity index (χ2v) is 4.13. The fourth-order valence-electron chi connectivity index (χ4n) is 1.92. The van der Waals surface area contributed by atoms with Crippen molar-refractivity contribution in [3.05, 3.63) is 22.9 Å². The molecule has 0 aliphatic carbocycles. The molecule has 2 atom stereocenters. The molecule has 15 heavy (non-hydrogen) atoms. The Hall–Kier alpha value is -1.07. The minimum absolute atomic E-state index is 0.00704. The Labute approximate surface area is 88.4 Å². The van der Waals surface area contributed by atoms with E-state index in [0.717, 1.165) is 19.6 Å². The average Bonchev–Trinajstić information content (AvgIpc) is 2.83. The van der Waals surface area contributed by atoms with Gasteiger partial charge in [-0.3, -0.25) is 4.57 Å². The number of aromatic nitrogens is 2. The third kappa shape index (κ3) is 2.13. The van der Waals surface area contributed by atoms with Crippen LogP contribution < -0.4 is 11.4 Å². The van der Waals surface area contributed by atoms with E-state index >= 15 is 0 Å². The lowest BCUT2D eigenvalue weighted by molar-refractivity contribution is 0.178. The zero-order valence-electron chi connectivity index (χ0n) is 8.93. The number of hydrogen-bond acceptors (Lipinski definition) is 3. The third-order valence-corrected chi connectivity index (χ3v) is 3.00. The van der Waals surface area contributed by atoms with Crippen LogP contribution in [0.15, 0.2) is 17.2 Å². The lowest BCUT2D eigenvalue weighted by atomic mass is 10.00. The van der Waals surface area contributed by atoms with Gasteiger partial charge in [0.1, 0.15) is 0 Å². The van der Waals surface area contributed by atoms with Gasteiger partial charge >= 0.3 is 5.69 Å². The van der Waals surface area contributed by atoms with Gasteiger partial charge in [0.25, 0.3) is 0 Å². The molecule has 2 N–H and O–H groups in total. The molecule has 5 nitrogen and oxygen atoms in total. The van der Waals surface area contributed by atoms with Crippen LogP contribution in [0.2, 0.25) is 0 Å². The van der Waals surface area contributed by atoms with Gasteiger partial charge in [0.05, 0.1) is 6.61 Å². The van der Waals surface area contributed by atoms with Crippen molar-refractivity contribution in [1.82, 2.24) is 9.13 Å². The van der Waals surface area contributed by atoms with Gasteiger partial charge in [0.15, 0.2) is 0 Å². The summed E-state index contributed by atoms with van der Waals surface area (Å²) in [6, 6.07) is 0.00704. The van der Waals surface area contributed by atoms with E-state index in [9.17, 15) is 4.79 Å². The molecule has 0 amide bonds. The maximum atomic E-state index is 11.6. The van der Waals surface area contributed by atoms with Crippen molar-refractivity contribution >= 4 is 0 Å². The number of rotatable bonds is 3. The van der Waals surface area contributed by atoms with Crippen LogP contribution in [-0.2, 0) is 18.3 Å². The number of ether oxygens (including phenoxy) is 1. The van der Waals surface area contributed by atoms with Gasteiger partial charge in [0.2, 0.25) is 0 Å². The molecule has 1 aromatic rings. The second-order valence-electron chi connectivity index (χ2n) is 4.13. The summed E-state index contributed by atoms with van der Waals surface area (Å²) in [5.74, 6) is 0.386. The quantitative estimate of drug-likeness (QED) is 0.736. The molecule has 0 bridgehead atoms. The zero-order chi connectivity index (χ0) is 10.8. The molecule has 1 aliphatic rings. The normalized spacial score (nSPS) is 23.2. The maximum Gasteiger partial charge on any atom is 0.327 e. The molecule has 1 saturated heterocycles. The molecule has 1 aromatic heterocycles. The van der Waals surface area contributed by atoms with Crippen molar-refractivity contribution in [1.29, 1.82) is 0 Å². The summed E-state index contributed by atoms with van der Waals surface area (Å²) < 4.78 is 8.49. The molecule has 1 fully saturated rings. The monoisotopic (exact) mass is 211 g/mol. The first-order valence-electron chi connectivity index (χ1n) is 5.23. The number of imidazole rings is 1. The molecule has 84 valence electrons. The molecule has 2 heterocycles.